The lowest BCUT2D eigenvalue weighted by molar-refractivity contribution is 0.0680. The van der Waals surface area contributed by atoms with E-state index in [1.807, 2.05) is 6.26 Å². The molecule has 0 spiro atoms. The number of nitrogens with zero attached hydrogens (tertiary/aromatic N) is 1. The molecule has 1 unspecified atom stereocenters. The predicted octanol–water partition coefficient (Wildman–Crippen LogP) is 0.973. The van der Waals surface area contributed by atoms with Gasteiger partial charge in [0.15, 0.2) is 0 Å². The smallest absolute Gasteiger partial charge is 0.111 e. The van der Waals surface area contributed by atoms with E-state index in [2.05, 4.69) is 23.2 Å². The van der Waals surface area contributed by atoms with E-state index in [9.17, 15) is 0 Å². The van der Waals surface area contributed by atoms with Crippen LogP contribution in [-0.4, -0.2) is 43.2 Å². The lowest BCUT2D eigenvalue weighted by atomic mass is 10.1. The topological polar surface area (TPSA) is 24.5 Å². The van der Waals surface area contributed by atoms with Crippen molar-refractivity contribution >= 4 is 0 Å². The third-order valence-electron chi connectivity index (χ3n) is 2.94. The highest BCUT2D eigenvalue weighted by molar-refractivity contribution is 4.85. The monoisotopic (exact) mass is 196 g/mol. The van der Waals surface area contributed by atoms with Crippen LogP contribution in [0.5, 0.6) is 0 Å². The molecule has 0 bridgehead atoms. The molecule has 3 heteroatoms. The van der Waals surface area contributed by atoms with Crippen LogP contribution in [0.15, 0.2) is 12.3 Å². The number of hydrogen-bond acceptors (Lipinski definition) is 3. The summed E-state index contributed by atoms with van der Waals surface area (Å²) in [5.41, 5.74) is 0. The Labute approximate surface area is 86.1 Å². The van der Waals surface area contributed by atoms with Crippen LogP contribution in [0, 0.1) is 0 Å². The molecule has 0 aromatic carbocycles. The Morgan fingerprint density at radius 3 is 3.21 bits per heavy atom. The first-order valence-electron chi connectivity index (χ1n) is 5.61. The van der Waals surface area contributed by atoms with Gasteiger partial charge in [0.05, 0.1) is 6.26 Å². The van der Waals surface area contributed by atoms with Crippen molar-refractivity contribution in [1.29, 1.82) is 0 Å². The van der Waals surface area contributed by atoms with Gasteiger partial charge >= 0.3 is 0 Å². The van der Waals surface area contributed by atoms with E-state index in [1.165, 1.54) is 12.8 Å². The van der Waals surface area contributed by atoms with Crippen molar-refractivity contribution in [2.24, 2.45) is 0 Å². The van der Waals surface area contributed by atoms with E-state index in [0.29, 0.717) is 12.1 Å². The Bertz CT molecular complexity index is 205. The van der Waals surface area contributed by atoms with E-state index in [0.717, 1.165) is 26.2 Å². The van der Waals surface area contributed by atoms with Crippen LogP contribution in [0.3, 0.4) is 0 Å². The molecule has 3 nitrogen and oxygen atoms in total. The highest BCUT2D eigenvalue weighted by Gasteiger charge is 2.20. The van der Waals surface area contributed by atoms with Crippen molar-refractivity contribution in [3.05, 3.63) is 12.3 Å². The van der Waals surface area contributed by atoms with Crippen LogP contribution in [0.1, 0.15) is 19.8 Å². The van der Waals surface area contributed by atoms with Gasteiger partial charge in [-0.3, -0.25) is 4.90 Å². The van der Waals surface area contributed by atoms with Gasteiger partial charge in [-0.15, -0.1) is 0 Å². The molecule has 2 heterocycles. The van der Waals surface area contributed by atoms with Crippen molar-refractivity contribution in [2.75, 3.05) is 26.2 Å². The maximum Gasteiger partial charge on any atom is 0.111 e. The summed E-state index contributed by atoms with van der Waals surface area (Å²) < 4.78 is 5.57. The molecule has 0 amide bonds. The molecule has 0 aliphatic carbocycles. The normalized spacial score (nSPS) is 34.1. The van der Waals surface area contributed by atoms with E-state index in [1.54, 1.807) is 0 Å². The summed E-state index contributed by atoms with van der Waals surface area (Å²) in [6.07, 6.45) is 6.74. The first kappa shape index (κ1) is 9.99. The van der Waals surface area contributed by atoms with Crippen molar-refractivity contribution in [3.63, 3.8) is 0 Å². The molecule has 0 aromatic rings. The Kier molecular flexibility index (Phi) is 3.43. The molecule has 0 saturated carbocycles. The molecular weight excluding hydrogens is 176 g/mol. The largest absolute Gasteiger partial charge is 0.497 e. The van der Waals surface area contributed by atoms with Crippen molar-refractivity contribution in [3.8, 4) is 0 Å². The van der Waals surface area contributed by atoms with Gasteiger partial charge in [0.1, 0.15) is 6.10 Å². The maximum atomic E-state index is 5.57. The third-order valence-corrected chi connectivity index (χ3v) is 2.94. The summed E-state index contributed by atoms with van der Waals surface area (Å²) in [5.74, 6) is 0. The van der Waals surface area contributed by atoms with Crippen LogP contribution in [0.4, 0.5) is 0 Å². The molecule has 2 rings (SSSR count). The Morgan fingerprint density at radius 1 is 1.57 bits per heavy atom. The molecule has 0 radical (unpaired) electrons. The van der Waals surface area contributed by atoms with Gasteiger partial charge in [-0.25, -0.2) is 0 Å². The van der Waals surface area contributed by atoms with Gasteiger partial charge < -0.3 is 10.1 Å². The fourth-order valence-electron chi connectivity index (χ4n) is 2.19. The molecule has 2 aliphatic rings. The van der Waals surface area contributed by atoms with Crippen LogP contribution >= 0.6 is 0 Å². The molecule has 1 fully saturated rings. The molecule has 1 saturated heterocycles. The maximum absolute atomic E-state index is 5.57. The number of allylic oxidation sites excluding steroid dienone is 1. The summed E-state index contributed by atoms with van der Waals surface area (Å²) in [6, 6.07) is 0.628. The second-order valence-corrected chi connectivity index (χ2v) is 4.32. The molecule has 1 N–H and O–H groups in total. The summed E-state index contributed by atoms with van der Waals surface area (Å²) in [4.78, 5) is 2.50. The molecular formula is C11H20N2O. The van der Waals surface area contributed by atoms with Crippen molar-refractivity contribution < 1.29 is 4.74 Å². The van der Waals surface area contributed by atoms with E-state index >= 15 is 0 Å². The SMILES string of the molecule is C[C@H]1CN(CC2CCC=CO2)CCN1. The van der Waals surface area contributed by atoms with Crippen LogP contribution in [-0.2, 0) is 4.74 Å². The van der Waals surface area contributed by atoms with E-state index < -0.39 is 0 Å². The van der Waals surface area contributed by atoms with Crippen molar-refractivity contribution in [1.82, 2.24) is 10.2 Å². The standard InChI is InChI=1S/C11H20N2O/c1-10-8-13(6-5-12-10)9-11-4-2-3-7-14-11/h3,7,10-12H,2,4-6,8-9H2,1H3/t10-,11?/m0/s1. The first-order valence-corrected chi connectivity index (χ1v) is 5.61. The Morgan fingerprint density at radius 2 is 2.50 bits per heavy atom. The van der Waals surface area contributed by atoms with Gasteiger partial charge in [0.25, 0.3) is 0 Å². The highest BCUT2D eigenvalue weighted by atomic mass is 16.5. The molecule has 80 valence electrons. The number of hydrogen-bond donors (Lipinski definition) is 1. The molecule has 2 aliphatic heterocycles. The van der Waals surface area contributed by atoms with Crippen LogP contribution in [0.25, 0.3) is 0 Å². The average molecular weight is 196 g/mol. The summed E-state index contributed by atoms with van der Waals surface area (Å²) in [5, 5.41) is 3.45. The quantitative estimate of drug-likeness (QED) is 0.712. The lowest BCUT2D eigenvalue weighted by Gasteiger charge is -2.34. The van der Waals surface area contributed by atoms with Gasteiger partial charge in [0, 0.05) is 32.2 Å². The lowest BCUT2D eigenvalue weighted by Crippen LogP contribution is -2.51. The third kappa shape index (κ3) is 2.72. The zero-order valence-electron chi connectivity index (χ0n) is 8.91. The highest BCUT2D eigenvalue weighted by Crippen LogP contribution is 2.12. The van der Waals surface area contributed by atoms with E-state index in [4.69, 9.17) is 4.74 Å². The van der Waals surface area contributed by atoms with Gasteiger partial charge in [-0.05, 0) is 25.8 Å². The Balaban J connectivity index is 1.75. The van der Waals surface area contributed by atoms with Crippen LogP contribution in [0.2, 0.25) is 0 Å². The number of ether oxygens (including phenoxy) is 1. The minimum Gasteiger partial charge on any atom is -0.497 e. The fraction of sp³-hybridized carbons (Fsp3) is 0.818. The molecule has 14 heavy (non-hydrogen) atoms. The number of piperazine rings is 1. The molecule has 2 atom stereocenters. The second-order valence-electron chi connectivity index (χ2n) is 4.32. The zero-order valence-corrected chi connectivity index (χ0v) is 8.91. The summed E-state index contributed by atoms with van der Waals surface area (Å²) >= 11 is 0. The number of rotatable bonds is 2. The minimum atomic E-state index is 0.422. The summed E-state index contributed by atoms with van der Waals surface area (Å²) in [7, 11) is 0. The molecule has 0 aromatic heterocycles. The Hall–Kier alpha value is -0.540. The number of nitrogens with one attached hydrogen (secondary N) is 1. The zero-order chi connectivity index (χ0) is 9.80. The van der Waals surface area contributed by atoms with Gasteiger partial charge in [-0.1, -0.05) is 0 Å². The fourth-order valence-corrected chi connectivity index (χ4v) is 2.19. The van der Waals surface area contributed by atoms with Gasteiger partial charge in [0.2, 0.25) is 0 Å². The minimum absolute atomic E-state index is 0.422. The predicted molar refractivity (Wildman–Crippen MR) is 57.2 cm³/mol. The van der Waals surface area contributed by atoms with E-state index in [-0.39, 0.29) is 0 Å². The average Bonchev–Trinajstić information content (AvgIpc) is 2.19. The first-order chi connectivity index (χ1) is 6.84. The second kappa shape index (κ2) is 4.80. The van der Waals surface area contributed by atoms with Crippen molar-refractivity contribution in [2.45, 2.75) is 31.9 Å². The van der Waals surface area contributed by atoms with Crippen LogP contribution < -0.4 is 5.32 Å². The summed E-state index contributed by atoms with van der Waals surface area (Å²) in [6.45, 7) is 6.77. The van der Waals surface area contributed by atoms with Gasteiger partial charge in [-0.2, -0.15) is 0 Å².